The number of para-hydroxylation sites is 1. The fourth-order valence-corrected chi connectivity index (χ4v) is 4.67. The van der Waals surface area contributed by atoms with Crippen molar-refractivity contribution in [3.63, 3.8) is 0 Å². The summed E-state index contributed by atoms with van der Waals surface area (Å²) in [7, 11) is 0. The van der Waals surface area contributed by atoms with Gasteiger partial charge in [0.05, 0.1) is 4.88 Å². The van der Waals surface area contributed by atoms with Crippen molar-refractivity contribution < 1.29 is 9.59 Å². The number of amides is 2. The van der Waals surface area contributed by atoms with E-state index in [-0.39, 0.29) is 11.8 Å². The average molecular weight is 391 g/mol. The molecule has 1 aliphatic rings. The summed E-state index contributed by atoms with van der Waals surface area (Å²) in [4.78, 5) is 27.5. The molecule has 1 aromatic heterocycles. The van der Waals surface area contributed by atoms with E-state index in [0.29, 0.717) is 11.3 Å². The molecule has 4 nitrogen and oxygen atoms in total. The zero-order valence-corrected chi connectivity index (χ0v) is 16.6. The van der Waals surface area contributed by atoms with Gasteiger partial charge in [0.2, 0.25) is 0 Å². The first kappa shape index (κ1) is 18.4. The van der Waals surface area contributed by atoms with Gasteiger partial charge in [-0.05, 0) is 74.1 Å². The van der Waals surface area contributed by atoms with Crippen LogP contribution in [0.4, 0.5) is 11.4 Å². The molecule has 0 bridgehead atoms. The molecule has 0 saturated carbocycles. The van der Waals surface area contributed by atoms with E-state index in [1.165, 1.54) is 23.3 Å². The molecule has 28 heavy (non-hydrogen) atoms. The van der Waals surface area contributed by atoms with Gasteiger partial charge < -0.3 is 10.6 Å². The molecule has 142 valence electrons. The molecule has 0 saturated heterocycles. The minimum Gasteiger partial charge on any atom is -0.322 e. The summed E-state index contributed by atoms with van der Waals surface area (Å²) in [6.07, 6.45) is 4.53. The van der Waals surface area contributed by atoms with Crippen LogP contribution < -0.4 is 10.6 Å². The zero-order valence-electron chi connectivity index (χ0n) is 15.7. The number of aryl methyl sites for hydroxylation is 2. The maximum Gasteiger partial charge on any atom is 0.265 e. The first-order valence-electron chi connectivity index (χ1n) is 9.51. The molecule has 3 aromatic rings. The predicted octanol–water partition coefficient (Wildman–Crippen LogP) is 5.44. The van der Waals surface area contributed by atoms with Gasteiger partial charge in [-0.25, -0.2) is 0 Å². The van der Waals surface area contributed by atoms with E-state index in [0.717, 1.165) is 29.0 Å². The molecule has 0 unspecified atom stereocenters. The van der Waals surface area contributed by atoms with Crippen LogP contribution in [0.1, 0.15) is 48.9 Å². The third-order valence-electron chi connectivity index (χ3n) is 5.08. The van der Waals surface area contributed by atoms with Crippen molar-refractivity contribution in [3.05, 3.63) is 81.0 Å². The second-order valence-electron chi connectivity index (χ2n) is 7.02. The largest absolute Gasteiger partial charge is 0.322 e. The lowest BCUT2D eigenvalue weighted by atomic mass is 9.99. The highest BCUT2D eigenvalue weighted by molar-refractivity contribution is 7.14. The molecule has 2 N–H and O–H groups in total. The highest BCUT2D eigenvalue weighted by atomic mass is 32.1. The number of fused-ring (bicyclic) bond motifs is 1. The van der Waals surface area contributed by atoms with Crippen LogP contribution in [-0.2, 0) is 12.8 Å². The number of carbonyl (C=O) groups is 2. The van der Waals surface area contributed by atoms with Gasteiger partial charge >= 0.3 is 0 Å². The van der Waals surface area contributed by atoms with Crippen molar-refractivity contribution in [3.8, 4) is 0 Å². The van der Waals surface area contributed by atoms with Gasteiger partial charge in [0, 0.05) is 21.8 Å². The van der Waals surface area contributed by atoms with Gasteiger partial charge in [-0.2, -0.15) is 0 Å². The Kier molecular flexibility index (Phi) is 5.26. The van der Waals surface area contributed by atoms with Crippen molar-refractivity contribution in [1.82, 2.24) is 0 Å². The number of thiophene rings is 1. The fraction of sp³-hybridized carbons (Fsp3) is 0.217. The Morgan fingerprint density at radius 3 is 2.46 bits per heavy atom. The first-order valence-corrected chi connectivity index (χ1v) is 10.3. The smallest absolute Gasteiger partial charge is 0.265 e. The van der Waals surface area contributed by atoms with Crippen molar-refractivity contribution in [2.45, 2.75) is 32.6 Å². The van der Waals surface area contributed by atoms with Gasteiger partial charge in [-0.3, -0.25) is 9.59 Å². The van der Waals surface area contributed by atoms with E-state index >= 15 is 0 Å². The van der Waals surface area contributed by atoms with E-state index in [1.54, 1.807) is 23.5 Å². The quantitative estimate of drug-likeness (QED) is 0.623. The van der Waals surface area contributed by atoms with Gasteiger partial charge in [0.15, 0.2) is 0 Å². The van der Waals surface area contributed by atoms with Crippen LogP contribution >= 0.6 is 11.3 Å². The van der Waals surface area contributed by atoms with E-state index in [2.05, 4.69) is 10.6 Å². The molecular formula is C23H22N2O2S. The van der Waals surface area contributed by atoms with Crippen LogP contribution in [0.2, 0.25) is 0 Å². The van der Waals surface area contributed by atoms with Crippen LogP contribution in [0.3, 0.4) is 0 Å². The molecule has 1 heterocycles. The SMILES string of the molecule is Cc1c(NC(=O)c2cc3c(s2)CCCC3)cccc1C(=O)Nc1ccccc1. The van der Waals surface area contributed by atoms with E-state index < -0.39 is 0 Å². The number of hydrogen-bond donors (Lipinski definition) is 2. The lowest BCUT2D eigenvalue weighted by molar-refractivity contribution is 0.101. The summed E-state index contributed by atoms with van der Waals surface area (Å²) >= 11 is 1.59. The fourth-order valence-electron chi connectivity index (χ4n) is 3.52. The molecule has 0 atom stereocenters. The summed E-state index contributed by atoms with van der Waals surface area (Å²) in [5.41, 5.74) is 4.02. The Morgan fingerprint density at radius 1 is 0.893 bits per heavy atom. The van der Waals surface area contributed by atoms with Gasteiger partial charge in [-0.15, -0.1) is 11.3 Å². The summed E-state index contributed by atoms with van der Waals surface area (Å²) < 4.78 is 0. The highest BCUT2D eigenvalue weighted by Crippen LogP contribution is 2.30. The summed E-state index contributed by atoms with van der Waals surface area (Å²) in [6.45, 7) is 1.86. The second kappa shape index (κ2) is 7.98. The average Bonchev–Trinajstić information content (AvgIpc) is 3.15. The normalized spacial score (nSPS) is 12.9. The topological polar surface area (TPSA) is 58.2 Å². The second-order valence-corrected chi connectivity index (χ2v) is 8.16. The molecule has 0 aliphatic heterocycles. The Hall–Kier alpha value is -2.92. The van der Waals surface area contributed by atoms with Crippen molar-refractivity contribution in [1.29, 1.82) is 0 Å². The minimum atomic E-state index is -0.189. The van der Waals surface area contributed by atoms with Crippen molar-refractivity contribution >= 4 is 34.5 Å². The van der Waals surface area contributed by atoms with E-state index in [1.807, 2.05) is 49.4 Å². The molecule has 1 aliphatic carbocycles. The number of benzene rings is 2. The summed E-state index contributed by atoms with van der Waals surface area (Å²) in [5, 5.41) is 5.88. The lowest BCUT2D eigenvalue weighted by Gasteiger charge is -2.12. The minimum absolute atomic E-state index is 0.108. The van der Waals surface area contributed by atoms with Gasteiger partial charge in [0.1, 0.15) is 0 Å². The summed E-state index contributed by atoms with van der Waals surface area (Å²) in [6, 6.07) is 16.8. The highest BCUT2D eigenvalue weighted by Gasteiger charge is 2.19. The number of nitrogens with one attached hydrogen (secondary N) is 2. The van der Waals surface area contributed by atoms with E-state index in [4.69, 9.17) is 0 Å². The predicted molar refractivity (Wildman–Crippen MR) is 114 cm³/mol. The van der Waals surface area contributed by atoms with Crippen LogP contribution in [0.25, 0.3) is 0 Å². The van der Waals surface area contributed by atoms with Gasteiger partial charge in [-0.1, -0.05) is 24.3 Å². The Labute approximate surface area is 168 Å². The molecule has 0 spiro atoms. The maximum absolute atomic E-state index is 12.8. The van der Waals surface area contributed by atoms with Gasteiger partial charge in [0.25, 0.3) is 11.8 Å². The number of rotatable bonds is 4. The first-order chi connectivity index (χ1) is 13.6. The Balaban J connectivity index is 1.52. The number of anilines is 2. The molecule has 0 radical (unpaired) electrons. The number of carbonyl (C=O) groups excluding carboxylic acids is 2. The maximum atomic E-state index is 12.8. The van der Waals surface area contributed by atoms with Crippen LogP contribution in [-0.4, -0.2) is 11.8 Å². The molecule has 5 heteroatoms. The van der Waals surface area contributed by atoms with Crippen molar-refractivity contribution in [2.75, 3.05) is 10.6 Å². The molecular weight excluding hydrogens is 368 g/mol. The lowest BCUT2D eigenvalue weighted by Crippen LogP contribution is -2.16. The Morgan fingerprint density at radius 2 is 1.68 bits per heavy atom. The standard InChI is InChI=1S/C23H22N2O2S/c1-15-18(22(26)24-17-9-3-2-4-10-17)11-7-12-19(15)25-23(27)21-14-16-8-5-6-13-20(16)28-21/h2-4,7,9-12,14H,5-6,8,13H2,1H3,(H,24,26)(H,25,27). The number of hydrogen-bond acceptors (Lipinski definition) is 3. The van der Waals surface area contributed by atoms with E-state index in [9.17, 15) is 9.59 Å². The summed E-state index contributed by atoms with van der Waals surface area (Å²) in [5.74, 6) is -0.297. The molecule has 2 amide bonds. The van der Waals surface area contributed by atoms with Crippen molar-refractivity contribution in [2.24, 2.45) is 0 Å². The molecule has 4 rings (SSSR count). The van der Waals surface area contributed by atoms with Crippen LogP contribution in [0.15, 0.2) is 54.6 Å². The molecule has 2 aromatic carbocycles. The Bertz CT molecular complexity index is 1000. The van der Waals surface area contributed by atoms with Crippen LogP contribution in [0, 0.1) is 6.92 Å². The third kappa shape index (κ3) is 3.85. The molecule has 0 fully saturated rings. The zero-order chi connectivity index (χ0) is 19.5. The monoisotopic (exact) mass is 390 g/mol. The van der Waals surface area contributed by atoms with Crippen LogP contribution in [0.5, 0.6) is 0 Å². The third-order valence-corrected chi connectivity index (χ3v) is 6.31.